The standard InChI is InChI=1S/C66H42N2S/c1-2-12-52(13-3-1)68-63-42-51(29-37-58(63)60-38-28-47-11-5-7-15-57(47)66(60)68)45-26-35-55(36-27-45)67(54-33-24-44(25-34-54)50-30-39-65-62(41-50)59-16-8-9-17-64(59)69-65)53-31-22-43(23-32-53)49-21-20-48-19-18-46-10-4-6-14-56(46)61(48)40-49/h1-42H. The van der Waals surface area contributed by atoms with E-state index in [0.29, 0.717) is 0 Å². The highest BCUT2D eigenvalue weighted by atomic mass is 32.1. The van der Waals surface area contributed by atoms with Crippen LogP contribution in [0.4, 0.5) is 17.1 Å². The van der Waals surface area contributed by atoms with Gasteiger partial charge in [-0.1, -0.05) is 176 Å². The fourth-order valence-electron chi connectivity index (χ4n) is 10.7. The lowest BCUT2D eigenvalue weighted by molar-refractivity contribution is 1.19. The lowest BCUT2D eigenvalue weighted by Crippen LogP contribution is -2.09. The number of para-hydroxylation sites is 1. The van der Waals surface area contributed by atoms with Gasteiger partial charge in [0.1, 0.15) is 0 Å². The van der Waals surface area contributed by atoms with Crippen LogP contribution in [0.15, 0.2) is 255 Å². The maximum atomic E-state index is 2.45. The van der Waals surface area contributed by atoms with Gasteiger partial charge in [0.2, 0.25) is 0 Å². The van der Waals surface area contributed by atoms with Gasteiger partial charge in [-0.25, -0.2) is 0 Å². The predicted octanol–water partition coefficient (Wildman–Crippen LogP) is 19.1. The van der Waals surface area contributed by atoms with Crippen molar-refractivity contribution in [2.75, 3.05) is 4.90 Å². The highest BCUT2D eigenvalue weighted by Crippen LogP contribution is 2.42. The second-order valence-electron chi connectivity index (χ2n) is 18.1. The molecule has 0 fully saturated rings. The summed E-state index contributed by atoms with van der Waals surface area (Å²) in [6, 6.07) is 93.8. The number of hydrogen-bond donors (Lipinski definition) is 0. The van der Waals surface area contributed by atoms with E-state index in [0.717, 1.165) is 22.7 Å². The van der Waals surface area contributed by atoms with Crippen LogP contribution in [0.5, 0.6) is 0 Å². The molecule has 0 bridgehead atoms. The minimum atomic E-state index is 1.09. The van der Waals surface area contributed by atoms with Crippen LogP contribution in [0.2, 0.25) is 0 Å². The smallest absolute Gasteiger partial charge is 0.0619 e. The zero-order chi connectivity index (χ0) is 45.4. The van der Waals surface area contributed by atoms with Crippen molar-refractivity contribution in [2.24, 2.45) is 0 Å². The molecule has 0 saturated carbocycles. The Kier molecular flexibility index (Phi) is 9.11. The topological polar surface area (TPSA) is 8.17 Å². The van der Waals surface area contributed by atoms with E-state index in [1.807, 2.05) is 11.3 Å². The largest absolute Gasteiger partial charge is 0.311 e. The zero-order valence-corrected chi connectivity index (χ0v) is 38.4. The molecule has 0 saturated heterocycles. The van der Waals surface area contributed by atoms with Gasteiger partial charge >= 0.3 is 0 Å². The number of aromatic nitrogens is 1. The highest BCUT2D eigenvalue weighted by Gasteiger charge is 2.18. The Balaban J connectivity index is 0.861. The molecule has 0 aliphatic rings. The van der Waals surface area contributed by atoms with Gasteiger partial charge in [0, 0.05) is 59.1 Å². The van der Waals surface area contributed by atoms with Crippen molar-refractivity contribution < 1.29 is 0 Å². The van der Waals surface area contributed by atoms with E-state index < -0.39 is 0 Å². The van der Waals surface area contributed by atoms with Gasteiger partial charge in [-0.3, -0.25) is 0 Å². The molecular weight excluding hydrogens is 853 g/mol. The van der Waals surface area contributed by atoms with Crippen LogP contribution in [0, 0.1) is 0 Å². The molecule has 0 aliphatic heterocycles. The van der Waals surface area contributed by atoms with Crippen molar-refractivity contribution in [3.63, 3.8) is 0 Å². The predicted molar refractivity (Wildman–Crippen MR) is 297 cm³/mol. The average Bonchev–Trinajstić information content (AvgIpc) is 3.97. The third kappa shape index (κ3) is 6.62. The van der Waals surface area contributed by atoms with E-state index in [4.69, 9.17) is 0 Å². The zero-order valence-electron chi connectivity index (χ0n) is 37.6. The minimum absolute atomic E-state index is 1.09. The second kappa shape index (κ2) is 16.0. The normalized spacial score (nSPS) is 11.8. The number of rotatable bonds is 7. The summed E-state index contributed by atoms with van der Waals surface area (Å²) < 4.78 is 5.09. The molecule has 69 heavy (non-hydrogen) atoms. The van der Waals surface area contributed by atoms with Crippen molar-refractivity contribution in [3.8, 4) is 39.1 Å². The fraction of sp³-hybridized carbons (Fsp3) is 0. The summed E-state index contributed by atoms with van der Waals surface area (Å²) >= 11 is 1.86. The van der Waals surface area contributed by atoms with Gasteiger partial charge in [-0.05, 0) is 139 Å². The molecule has 2 nitrogen and oxygen atoms in total. The van der Waals surface area contributed by atoms with Crippen molar-refractivity contribution >= 4 is 103 Å². The first-order valence-electron chi connectivity index (χ1n) is 23.6. The van der Waals surface area contributed by atoms with Crippen LogP contribution >= 0.6 is 11.3 Å². The average molecular weight is 895 g/mol. The molecule has 2 heterocycles. The van der Waals surface area contributed by atoms with Crippen LogP contribution in [0.1, 0.15) is 0 Å². The number of fused-ring (bicyclic) bond motifs is 11. The number of anilines is 3. The molecule has 12 aromatic carbocycles. The number of nitrogens with zero attached hydrogens (tertiary/aromatic N) is 2. The fourth-order valence-corrected chi connectivity index (χ4v) is 11.8. The SMILES string of the molecule is c1ccc(-n2c3cc(-c4ccc(N(c5ccc(-c6ccc7ccc8ccccc8c7c6)cc5)c5ccc(-c6ccc7sc8ccccc8c7c6)cc5)cc4)ccc3c3ccc4ccccc4c32)cc1. The van der Waals surface area contributed by atoms with Gasteiger partial charge in [0.05, 0.1) is 11.0 Å². The Bertz CT molecular complexity index is 4280. The second-order valence-corrected chi connectivity index (χ2v) is 19.2. The monoisotopic (exact) mass is 894 g/mol. The van der Waals surface area contributed by atoms with Gasteiger partial charge in [-0.2, -0.15) is 0 Å². The summed E-state index contributed by atoms with van der Waals surface area (Å²) in [4.78, 5) is 2.38. The Hall–Kier alpha value is -8.76. The van der Waals surface area contributed by atoms with E-state index in [9.17, 15) is 0 Å². The van der Waals surface area contributed by atoms with Gasteiger partial charge < -0.3 is 9.47 Å². The van der Waals surface area contributed by atoms with Crippen molar-refractivity contribution in [2.45, 2.75) is 0 Å². The summed E-state index contributed by atoms with van der Waals surface area (Å²) in [5.74, 6) is 0. The molecular formula is C66H42N2S. The lowest BCUT2D eigenvalue weighted by Gasteiger charge is -2.26. The first-order valence-corrected chi connectivity index (χ1v) is 24.5. The highest BCUT2D eigenvalue weighted by molar-refractivity contribution is 7.25. The molecule has 0 aliphatic carbocycles. The number of benzene rings is 12. The molecule has 0 amide bonds. The van der Waals surface area contributed by atoms with Crippen molar-refractivity contribution in [1.82, 2.24) is 4.57 Å². The van der Waals surface area contributed by atoms with Crippen LogP contribution in [-0.2, 0) is 0 Å². The van der Waals surface area contributed by atoms with Gasteiger partial charge in [-0.15, -0.1) is 11.3 Å². The summed E-state index contributed by atoms with van der Waals surface area (Å²) in [6.07, 6.45) is 0. The number of hydrogen-bond acceptors (Lipinski definition) is 2. The molecule has 0 spiro atoms. The van der Waals surface area contributed by atoms with Crippen LogP contribution < -0.4 is 4.90 Å². The van der Waals surface area contributed by atoms with E-state index in [1.165, 1.54) is 108 Å². The van der Waals surface area contributed by atoms with E-state index in [2.05, 4.69) is 264 Å². The van der Waals surface area contributed by atoms with Gasteiger partial charge in [0.15, 0.2) is 0 Å². The third-order valence-electron chi connectivity index (χ3n) is 14.2. The molecule has 0 radical (unpaired) electrons. The maximum absolute atomic E-state index is 2.45. The summed E-state index contributed by atoms with van der Waals surface area (Å²) in [6.45, 7) is 0. The Morgan fingerprint density at radius 2 is 0.725 bits per heavy atom. The van der Waals surface area contributed by atoms with E-state index in [1.54, 1.807) is 0 Å². The lowest BCUT2D eigenvalue weighted by atomic mass is 9.97. The molecule has 2 aromatic heterocycles. The summed E-state index contributed by atoms with van der Waals surface area (Å²) in [5.41, 5.74) is 14.0. The Morgan fingerprint density at radius 3 is 1.41 bits per heavy atom. The first-order chi connectivity index (χ1) is 34.2. The molecule has 3 heteroatoms. The van der Waals surface area contributed by atoms with Gasteiger partial charge in [0.25, 0.3) is 0 Å². The molecule has 14 rings (SSSR count). The van der Waals surface area contributed by atoms with Crippen LogP contribution in [-0.4, -0.2) is 4.57 Å². The summed E-state index contributed by atoms with van der Waals surface area (Å²) in [5, 5.41) is 12.7. The molecule has 322 valence electrons. The van der Waals surface area contributed by atoms with Crippen molar-refractivity contribution in [1.29, 1.82) is 0 Å². The van der Waals surface area contributed by atoms with E-state index >= 15 is 0 Å². The Morgan fingerprint density at radius 1 is 0.275 bits per heavy atom. The van der Waals surface area contributed by atoms with Crippen molar-refractivity contribution in [3.05, 3.63) is 255 Å². The quantitative estimate of drug-likeness (QED) is 0.145. The molecule has 0 unspecified atom stereocenters. The maximum Gasteiger partial charge on any atom is 0.0619 e. The van der Waals surface area contributed by atoms with E-state index in [-0.39, 0.29) is 0 Å². The first kappa shape index (κ1) is 39.4. The number of thiophene rings is 1. The third-order valence-corrected chi connectivity index (χ3v) is 15.3. The Labute approximate surface area is 403 Å². The molecule has 0 atom stereocenters. The minimum Gasteiger partial charge on any atom is -0.311 e. The molecule has 0 N–H and O–H groups in total. The molecule has 14 aromatic rings. The van der Waals surface area contributed by atoms with Crippen LogP contribution in [0.3, 0.4) is 0 Å². The van der Waals surface area contributed by atoms with Crippen LogP contribution in [0.25, 0.3) is 113 Å². The summed E-state index contributed by atoms with van der Waals surface area (Å²) in [7, 11) is 0.